The molecule has 0 bridgehead atoms. The largest absolute Gasteiger partial charge is 0.382 e. The highest BCUT2D eigenvalue weighted by Crippen LogP contribution is 2.12. The minimum atomic E-state index is -0.367. The molecule has 0 aromatic heterocycles. The van der Waals surface area contributed by atoms with Gasteiger partial charge in [0.05, 0.1) is 12.1 Å². The van der Waals surface area contributed by atoms with Crippen LogP contribution in [-0.2, 0) is 4.74 Å². The molecule has 0 fully saturated rings. The number of halogens is 1. The maximum Gasteiger partial charge on any atom is 0.251 e. The monoisotopic (exact) mass is 285 g/mol. The first-order valence-electron chi connectivity index (χ1n) is 5.01. The third-order valence-corrected chi connectivity index (χ3v) is 2.54. The Labute approximate surface area is 104 Å². The average Bonchev–Trinajstić information content (AvgIpc) is 2.16. The Balaban J connectivity index is 2.72. The zero-order valence-electron chi connectivity index (χ0n) is 9.71. The molecule has 4 heteroatoms. The molecule has 1 aromatic rings. The van der Waals surface area contributed by atoms with Crippen LogP contribution in [0.1, 0.15) is 24.2 Å². The molecule has 16 heavy (non-hydrogen) atoms. The van der Waals surface area contributed by atoms with Crippen molar-refractivity contribution in [3.63, 3.8) is 0 Å². The van der Waals surface area contributed by atoms with E-state index in [0.717, 1.165) is 4.47 Å². The minimum absolute atomic E-state index is 0.0941. The molecule has 0 radical (unpaired) electrons. The van der Waals surface area contributed by atoms with Gasteiger partial charge in [-0.15, -0.1) is 0 Å². The molecule has 0 aliphatic heterocycles. The van der Waals surface area contributed by atoms with Crippen LogP contribution in [0.5, 0.6) is 0 Å². The highest BCUT2D eigenvalue weighted by atomic mass is 79.9. The Bertz CT molecular complexity index is 377. The molecule has 0 saturated carbocycles. The molecular formula is C12H16BrNO2. The summed E-state index contributed by atoms with van der Waals surface area (Å²) in [4.78, 5) is 11.9. The number of hydrogen-bond donors (Lipinski definition) is 1. The lowest BCUT2D eigenvalue weighted by Crippen LogP contribution is -2.46. The van der Waals surface area contributed by atoms with Crippen LogP contribution in [-0.4, -0.2) is 25.2 Å². The SMILES string of the molecule is COCC(C)(C)NC(=O)c1cccc(Br)c1. The lowest BCUT2D eigenvalue weighted by Gasteiger charge is -2.25. The van der Waals surface area contributed by atoms with E-state index in [4.69, 9.17) is 4.74 Å². The quantitative estimate of drug-likeness (QED) is 0.924. The molecule has 0 saturated heterocycles. The number of amides is 1. The topological polar surface area (TPSA) is 38.3 Å². The minimum Gasteiger partial charge on any atom is -0.382 e. The predicted molar refractivity (Wildman–Crippen MR) is 67.6 cm³/mol. The van der Waals surface area contributed by atoms with Gasteiger partial charge in [0.15, 0.2) is 0 Å². The second-order valence-corrected chi connectivity index (χ2v) is 5.20. The van der Waals surface area contributed by atoms with E-state index in [1.807, 2.05) is 26.0 Å². The number of methoxy groups -OCH3 is 1. The van der Waals surface area contributed by atoms with Crippen LogP contribution in [0.3, 0.4) is 0 Å². The normalized spacial score (nSPS) is 11.2. The van der Waals surface area contributed by atoms with Gasteiger partial charge in [-0.25, -0.2) is 0 Å². The molecule has 1 N–H and O–H groups in total. The molecule has 0 aliphatic carbocycles. The molecule has 1 amide bonds. The smallest absolute Gasteiger partial charge is 0.251 e. The van der Waals surface area contributed by atoms with Gasteiger partial charge in [-0.05, 0) is 32.0 Å². The maximum atomic E-state index is 11.9. The summed E-state index contributed by atoms with van der Waals surface area (Å²) in [6, 6.07) is 7.29. The van der Waals surface area contributed by atoms with E-state index in [2.05, 4.69) is 21.2 Å². The summed E-state index contributed by atoms with van der Waals surface area (Å²) in [6.07, 6.45) is 0. The van der Waals surface area contributed by atoms with Gasteiger partial charge >= 0.3 is 0 Å². The number of carbonyl (C=O) groups is 1. The van der Waals surface area contributed by atoms with Crippen LogP contribution in [0.2, 0.25) is 0 Å². The van der Waals surface area contributed by atoms with Crippen LogP contribution >= 0.6 is 15.9 Å². The Hall–Kier alpha value is -0.870. The summed E-state index contributed by atoms with van der Waals surface area (Å²) in [5.74, 6) is -0.0941. The van der Waals surface area contributed by atoms with Gasteiger partial charge in [0.1, 0.15) is 0 Å². The molecular weight excluding hydrogens is 270 g/mol. The van der Waals surface area contributed by atoms with E-state index in [-0.39, 0.29) is 11.4 Å². The third-order valence-electron chi connectivity index (χ3n) is 2.04. The van der Waals surface area contributed by atoms with Gasteiger partial charge in [-0.1, -0.05) is 22.0 Å². The molecule has 1 aromatic carbocycles. The molecule has 0 aliphatic rings. The van der Waals surface area contributed by atoms with Gasteiger partial charge in [0, 0.05) is 17.1 Å². The number of ether oxygens (including phenoxy) is 1. The Morgan fingerprint density at radius 2 is 2.19 bits per heavy atom. The van der Waals surface area contributed by atoms with Gasteiger partial charge in [0.2, 0.25) is 0 Å². The average molecular weight is 286 g/mol. The zero-order chi connectivity index (χ0) is 12.2. The van der Waals surface area contributed by atoms with E-state index < -0.39 is 0 Å². The van der Waals surface area contributed by atoms with E-state index in [1.165, 1.54) is 0 Å². The predicted octanol–water partition coefficient (Wildman–Crippen LogP) is 2.60. The fourth-order valence-electron chi connectivity index (χ4n) is 1.41. The summed E-state index contributed by atoms with van der Waals surface area (Å²) < 4.78 is 5.94. The first-order valence-corrected chi connectivity index (χ1v) is 5.81. The van der Waals surface area contributed by atoms with E-state index >= 15 is 0 Å². The van der Waals surface area contributed by atoms with Crippen molar-refractivity contribution in [1.29, 1.82) is 0 Å². The van der Waals surface area contributed by atoms with Gasteiger partial charge in [-0.3, -0.25) is 4.79 Å². The van der Waals surface area contributed by atoms with Gasteiger partial charge in [-0.2, -0.15) is 0 Å². The molecule has 3 nitrogen and oxygen atoms in total. The zero-order valence-corrected chi connectivity index (χ0v) is 11.3. The van der Waals surface area contributed by atoms with Gasteiger partial charge in [0.25, 0.3) is 5.91 Å². The third kappa shape index (κ3) is 3.94. The molecule has 0 heterocycles. The van der Waals surface area contributed by atoms with Crippen molar-refractivity contribution in [3.05, 3.63) is 34.3 Å². The van der Waals surface area contributed by atoms with Crippen LogP contribution in [0.4, 0.5) is 0 Å². The number of benzene rings is 1. The maximum absolute atomic E-state index is 11.9. The Morgan fingerprint density at radius 3 is 2.75 bits per heavy atom. The Kier molecular flexibility index (Phi) is 4.50. The van der Waals surface area contributed by atoms with Crippen molar-refractivity contribution in [1.82, 2.24) is 5.32 Å². The summed E-state index contributed by atoms with van der Waals surface area (Å²) in [5, 5.41) is 2.92. The van der Waals surface area contributed by atoms with Gasteiger partial charge < -0.3 is 10.1 Å². The molecule has 88 valence electrons. The van der Waals surface area contributed by atoms with Crippen LogP contribution in [0.25, 0.3) is 0 Å². The van der Waals surface area contributed by atoms with Crippen LogP contribution < -0.4 is 5.32 Å². The second kappa shape index (κ2) is 5.46. The van der Waals surface area contributed by atoms with Crippen molar-refractivity contribution in [2.45, 2.75) is 19.4 Å². The summed E-state index contributed by atoms with van der Waals surface area (Å²) in [5.41, 5.74) is 0.271. The van der Waals surface area contributed by atoms with Crippen LogP contribution in [0, 0.1) is 0 Å². The molecule has 0 spiro atoms. The summed E-state index contributed by atoms with van der Waals surface area (Å²) >= 11 is 3.34. The number of carbonyl (C=O) groups excluding carboxylic acids is 1. The van der Waals surface area contributed by atoms with Crippen molar-refractivity contribution in [3.8, 4) is 0 Å². The summed E-state index contributed by atoms with van der Waals surface area (Å²) in [6.45, 7) is 4.32. The molecule has 0 unspecified atom stereocenters. The number of nitrogens with one attached hydrogen (secondary N) is 1. The fourth-order valence-corrected chi connectivity index (χ4v) is 1.81. The lowest BCUT2D eigenvalue weighted by molar-refractivity contribution is 0.0820. The standard InChI is InChI=1S/C12H16BrNO2/c1-12(2,8-16-3)14-11(15)9-5-4-6-10(13)7-9/h4-7H,8H2,1-3H3,(H,14,15). The van der Waals surface area contributed by atoms with E-state index in [0.29, 0.717) is 12.2 Å². The highest BCUT2D eigenvalue weighted by molar-refractivity contribution is 9.10. The lowest BCUT2D eigenvalue weighted by atomic mass is 10.1. The van der Waals surface area contributed by atoms with Crippen LogP contribution in [0.15, 0.2) is 28.7 Å². The number of rotatable bonds is 4. The van der Waals surface area contributed by atoms with Crippen molar-refractivity contribution in [2.24, 2.45) is 0 Å². The second-order valence-electron chi connectivity index (χ2n) is 4.28. The fraction of sp³-hybridized carbons (Fsp3) is 0.417. The summed E-state index contributed by atoms with van der Waals surface area (Å²) in [7, 11) is 1.62. The number of hydrogen-bond acceptors (Lipinski definition) is 2. The molecule has 1 rings (SSSR count). The first-order chi connectivity index (χ1) is 7.44. The first kappa shape index (κ1) is 13.2. The van der Waals surface area contributed by atoms with Crippen molar-refractivity contribution in [2.75, 3.05) is 13.7 Å². The molecule has 0 atom stereocenters. The van der Waals surface area contributed by atoms with E-state index in [1.54, 1.807) is 19.2 Å². The highest BCUT2D eigenvalue weighted by Gasteiger charge is 2.20. The van der Waals surface area contributed by atoms with Crippen molar-refractivity contribution >= 4 is 21.8 Å². The van der Waals surface area contributed by atoms with Crippen molar-refractivity contribution < 1.29 is 9.53 Å². The van der Waals surface area contributed by atoms with E-state index in [9.17, 15) is 4.79 Å². The Morgan fingerprint density at radius 1 is 1.50 bits per heavy atom.